The number of aliphatic hydroxyl groups excluding tert-OH is 1. The van der Waals surface area contributed by atoms with E-state index in [1.807, 2.05) is 37.3 Å². The molecule has 0 spiro atoms. The number of nitrogens with zero attached hydrogens (tertiary/aromatic N) is 3. The molecule has 0 saturated heterocycles. The maximum absolute atomic E-state index is 9.89. The maximum atomic E-state index is 9.89. The molecule has 4 nitrogen and oxygen atoms in total. The second kappa shape index (κ2) is 5.84. The predicted octanol–water partition coefficient (Wildman–Crippen LogP) is 3.39. The average Bonchev–Trinajstić information content (AvgIpc) is 2.90. The molecule has 3 aromatic rings. The highest BCUT2D eigenvalue weighted by Crippen LogP contribution is 2.20. The number of aliphatic hydroxyl groups is 1. The fourth-order valence-electron chi connectivity index (χ4n) is 2.27. The van der Waals surface area contributed by atoms with Gasteiger partial charge in [-0.05, 0) is 36.2 Å². The quantitative estimate of drug-likeness (QED) is 0.803. The van der Waals surface area contributed by atoms with Crippen molar-refractivity contribution in [2.45, 2.75) is 25.9 Å². The molecule has 1 N–H and O–H groups in total. The number of halogens is 1. The first kappa shape index (κ1) is 14.0. The molecule has 108 valence electrons. The smallest absolute Gasteiger partial charge is 0.115 e. The van der Waals surface area contributed by atoms with Gasteiger partial charge in [0.05, 0.1) is 11.8 Å². The number of para-hydroxylation sites is 1. The first-order valence-corrected chi connectivity index (χ1v) is 7.34. The zero-order valence-corrected chi connectivity index (χ0v) is 12.5. The van der Waals surface area contributed by atoms with Crippen molar-refractivity contribution in [2.24, 2.45) is 0 Å². The molecule has 1 aromatic heterocycles. The van der Waals surface area contributed by atoms with Crippen molar-refractivity contribution in [3.05, 3.63) is 53.1 Å². The van der Waals surface area contributed by atoms with Gasteiger partial charge in [0, 0.05) is 11.4 Å². The Morgan fingerprint density at radius 2 is 1.90 bits per heavy atom. The maximum Gasteiger partial charge on any atom is 0.115 e. The highest BCUT2D eigenvalue weighted by molar-refractivity contribution is 6.31. The molecule has 5 heteroatoms. The molecule has 0 bridgehead atoms. The van der Waals surface area contributed by atoms with E-state index in [1.165, 1.54) is 0 Å². The number of aromatic nitrogens is 3. The molecule has 0 aliphatic carbocycles. The van der Waals surface area contributed by atoms with Gasteiger partial charge < -0.3 is 5.11 Å². The second-order valence-corrected chi connectivity index (χ2v) is 5.45. The summed E-state index contributed by atoms with van der Waals surface area (Å²) in [7, 11) is 0. The second-order valence-electron chi connectivity index (χ2n) is 5.02. The van der Waals surface area contributed by atoms with Crippen molar-refractivity contribution in [3.8, 4) is 5.69 Å². The van der Waals surface area contributed by atoms with Crippen LogP contribution in [0.25, 0.3) is 16.7 Å². The Bertz CT molecular complexity index is 769. The van der Waals surface area contributed by atoms with Crippen LogP contribution in [0.15, 0.2) is 42.5 Å². The van der Waals surface area contributed by atoms with Crippen LogP contribution in [0.2, 0.25) is 5.02 Å². The van der Waals surface area contributed by atoms with Crippen molar-refractivity contribution < 1.29 is 5.11 Å². The van der Waals surface area contributed by atoms with Crippen LogP contribution >= 0.6 is 11.6 Å². The minimum Gasteiger partial charge on any atom is -0.393 e. The summed E-state index contributed by atoms with van der Waals surface area (Å²) in [5, 5.41) is 19.5. The number of hydrogen-bond donors (Lipinski definition) is 1. The summed E-state index contributed by atoms with van der Waals surface area (Å²) in [6, 6.07) is 13.3. The molecule has 3 rings (SSSR count). The van der Waals surface area contributed by atoms with Gasteiger partial charge in [-0.3, -0.25) is 0 Å². The SMILES string of the molecule is CCC(O)Cc1ccccc1-n1nc2ccc(Cl)cc2n1. The molecular formula is C16H16ClN3O. The molecule has 0 fully saturated rings. The summed E-state index contributed by atoms with van der Waals surface area (Å²) in [5.74, 6) is 0. The molecule has 1 atom stereocenters. The molecule has 0 saturated carbocycles. The zero-order chi connectivity index (χ0) is 14.8. The van der Waals surface area contributed by atoms with E-state index in [0.29, 0.717) is 11.4 Å². The Morgan fingerprint density at radius 1 is 1.14 bits per heavy atom. The number of hydrogen-bond acceptors (Lipinski definition) is 3. The Labute approximate surface area is 128 Å². The number of rotatable bonds is 4. The summed E-state index contributed by atoms with van der Waals surface area (Å²) >= 11 is 5.98. The largest absolute Gasteiger partial charge is 0.393 e. The van der Waals surface area contributed by atoms with Gasteiger partial charge in [0.25, 0.3) is 0 Å². The van der Waals surface area contributed by atoms with Gasteiger partial charge in [0.2, 0.25) is 0 Å². The van der Waals surface area contributed by atoms with Crippen molar-refractivity contribution in [1.82, 2.24) is 15.0 Å². The summed E-state index contributed by atoms with van der Waals surface area (Å²) < 4.78 is 0. The van der Waals surface area contributed by atoms with E-state index in [1.54, 1.807) is 16.9 Å². The fourth-order valence-corrected chi connectivity index (χ4v) is 2.44. The van der Waals surface area contributed by atoms with Crippen LogP contribution in [0.1, 0.15) is 18.9 Å². The number of benzene rings is 2. The van der Waals surface area contributed by atoms with Crippen LogP contribution in [0, 0.1) is 0 Å². The van der Waals surface area contributed by atoms with Gasteiger partial charge in [-0.1, -0.05) is 36.7 Å². The number of fused-ring (bicyclic) bond motifs is 1. The molecule has 21 heavy (non-hydrogen) atoms. The molecule has 1 heterocycles. The average molecular weight is 302 g/mol. The van der Waals surface area contributed by atoms with Gasteiger partial charge in [0.1, 0.15) is 11.0 Å². The fraction of sp³-hybridized carbons (Fsp3) is 0.250. The van der Waals surface area contributed by atoms with E-state index in [9.17, 15) is 5.11 Å². The van der Waals surface area contributed by atoms with Crippen LogP contribution in [0.5, 0.6) is 0 Å². The van der Waals surface area contributed by atoms with Crippen molar-refractivity contribution in [1.29, 1.82) is 0 Å². The Balaban J connectivity index is 2.05. The third kappa shape index (κ3) is 2.91. The Morgan fingerprint density at radius 3 is 2.71 bits per heavy atom. The standard InChI is InChI=1S/C16H16ClN3O/c1-2-13(21)9-11-5-3-4-6-16(11)20-18-14-8-7-12(17)10-15(14)19-20/h3-8,10,13,21H,2,9H2,1H3. The lowest BCUT2D eigenvalue weighted by Crippen LogP contribution is -2.12. The lowest BCUT2D eigenvalue weighted by atomic mass is 10.0. The molecule has 2 aromatic carbocycles. The molecule has 0 amide bonds. The molecule has 0 aliphatic rings. The summed E-state index contributed by atoms with van der Waals surface area (Å²) in [4.78, 5) is 1.61. The van der Waals surface area contributed by atoms with Crippen LogP contribution in [0.4, 0.5) is 0 Å². The Kier molecular flexibility index (Phi) is 3.90. The van der Waals surface area contributed by atoms with E-state index in [4.69, 9.17) is 11.6 Å². The van der Waals surface area contributed by atoms with Gasteiger partial charge >= 0.3 is 0 Å². The third-order valence-corrected chi connectivity index (χ3v) is 3.71. The van der Waals surface area contributed by atoms with E-state index >= 15 is 0 Å². The summed E-state index contributed by atoms with van der Waals surface area (Å²) in [5.41, 5.74) is 3.47. The minimum absolute atomic E-state index is 0.356. The minimum atomic E-state index is -0.356. The third-order valence-electron chi connectivity index (χ3n) is 3.48. The van der Waals surface area contributed by atoms with Crippen LogP contribution in [-0.4, -0.2) is 26.2 Å². The van der Waals surface area contributed by atoms with Gasteiger partial charge in [-0.2, -0.15) is 4.80 Å². The van der Waals surface area contributed by atoms with E-state index < -0.39 is 0 Å². The van der Waals surface area contributed by atoms with Crippen molar-refractivity contribution >= 4 is 22.6 Å². The lowest BCUT2D eigenvalue weighted by Gasteiger charge is -2.11. The highest BCUT2D eigenvalue weighted by atomic mass is 35.5. The predicted molar refractivity (Wildman–Crippen MR) is 83.9 cm³/mol. The van der Waals surface area contributed by atoms with Crippen molar-refractivity contribution in [3.63, 3.8) is 0 Å². The van der Waals surface area contributed by atoms with Crippen LogP contribution in [-0.2, 0) is 6.42 Å². The van der Waals surface area contributed by atoms with Gasteiger partial charge in [-0.25, -0.2) is 0 Å². The van der Waals surface area contributed by atoms with E-state index in [2.05, 4.69) is 10.2 Å². The van der Waals surface area contributed by atoms with Crippen molar-refractivity contribution in [2.75, 3.05) is 0 Å². The van der Waals surface area contributed by atoms with Gasteiger partial charge in [0.15, 0.2) is 0 Å². The first-order valence-electron chi connectivity index (χ1n) is 6.96. The molecule has 0 radical (unpaired) electrons. The molecule has 1 unspecified atom stereocenters. The topological polar surface area (TPSA) is 50.9 Å². The van der Waals surface area contributed by atoms with Gasteiger partial charge in [-0.15, -0.1) is 10.2 Å². The molecular weight excluding hydrogens is 286 g/mol. The first-order chi connectivity index (χ1) is 10.2. The monoisotopic (exact) mass is 301 g/mol. The van der Waals surface area contributed by atoms with E-state index in [0.717, 1.165) is 28.7 Å². The zero-order valence-electron chi connectivity index (χ0n) is 11.7. The van der Waals surface area contributed by atoms with Crippen LogP contribution < -0.4 is 0 Å². The highest BCUT2D eigenvalue weighted by Gasteiger charge is 2.11. The summed E-state index contributed by atoms with van der Waals surface area (Å²) in [6.07, 6.45) is 0.953. The normalized spacial score (nSPS) is 12.7. The van der Waals surface area contributed by atoms with Crippen LogP contribution in [0.3, 0.4) is 0 Å². The molecule has 0 aliphatic heterocycles. The van der Waals surface area contributed by atoms with E-state index in [-0.39, 0.29) is 6.10 Å². The Hall–Kier alpha value is -1.91. The lowest BCUT2D eigenvalue weighted by molar-refractivity contribution is 0.170. The summed E-state index contributed by atoms with van der Waals surface area (Å²) in [6.45, 7) is 1.97.